The van der Waals surface area contributed by atoms with Gasteiger partial charge in [-0.05, 0) is 33.6 Å². The summed E-state index contributed by atoms with van der Waals surface area (Å²) in [5.41, 5.74) is 0.153. The molecular formula is C15H29N7. The van der Waals surface area contributed by atoms with Crippen LogP contribution in [-0.2, 0) is 0 Å². The number of hydrogen-bond acceptors (Lipinski definition) is 4. The van der Waals surface area contributed by atoms with E-state index in [0.29, 0.717) is 5.92 Å². The summed E-state index contributed by atoms with van der Waals surface area (Å²) in [6.07, 6.45) is 3.75. The first-order chi connectivity index (χ1) is 10.5. The Bertz CT molecular complexity index is 453. The van der Waals surface area contributed by atoms with Crippen molar-refractivity contribution in [3.63, 3.8) is 0 Å². The summed E-state index contributed by atoms with van der Waals surface area (Å²) < 4.78 is 0. The summed E-state index contributed by atoms with van der Waals surface area (Å²) in [6, 6.07) is 0. The summed E-state index contributed by atoms with van der Waals surface area (Å²) >= 11 is 0. The first-order valence-corrected chi connectivity index (χ1v) is 8.05. The molecule has 0 aliphatic carbocycles. The molecule has 1 aromatic rings. The average molecular weight is 307 g/mol. The van der Waals surface area contributed by atoms with Gasteiger partial charge in [0.1, 0.15) is 12.2 Å². The van der Waals surface area contributed by atoms with Gasteiger partial charge in [0, 0.05) is 44.7 Å². The zero-order valence-electron chi connectivity index (χ0n) is 14.2. The van der Waals surface area contributed by atoms with Crippen LogP contribution >= 0.6 is 0 Å². The van der Waals surface area contributed by atoms with Crippen molar-refractivity contribution in [2.75, 3.05) is 33.2 Å². The second kappa shape index (κ2) is 7.58. The average Bonchev–Trinajstić information content (AvgIpc) is 3.01. The molecule has 0 amide bonds. The van der Waals surface area contributed by atoms with Crippen LogP contribution in [0.5, 0.6) is 0 Å². The summed E-state index contributed by atoms with van der Waals surface area (Å²) in [6.45, 7) is 10.3. The minimum atomic E-state index is 0.153. The number of piperidine rings is 1. The predicted molar refractivity (Wildman–Crippen MR) is 89.0 cm³/mol. The third-order valence-electron chi connectivity index (χ3n) is 3.89. The van der Waals surface area contributed by atoms with Crippen LogP contribution in [0.3, 0.4) is 0 Å². The Morgan fingerprint density at radius 3 is 2.64 bits per heavy atom. The topological polar surface area (TPSA) is 81.2 Å². The van der Waals surface area contributed by atoms with E-state index in [4.69, 9.17) is 0 Å². The summed E-state index contributed by atoms with van der Waals surface area (Å²) in [4.78, 5) is 11.0. The van der Waals surface area contributed by atoms with Gasteiger partial charge in [0.05, 0.1) is 0 Å². The molecule has 1 aromatic heterocycles. The van der Waals surface area contributed by atoms with E-state index in [2.05, 4.69) is 56.5 Å². The lowest BCUT2D eigenvalue weighted by Gasteiger charge is -2.33. The van der Waals surface area contributed by atoms with Crippen molar-refractivity contribution in [3.8, 4) is 0 Å². The molecule has 2 heterocycles. The number of guanidine groups is 1. The second-order valence-corrected chi connectivity index (χ2v) is 6.78. The van der Waals surface area contributed by atoms with Crippen molar-refractivity contribution in [3.05, 3.63) is 12.2 Å². The van der Waals surface area contributed by atoms with E-state index in [1.165, 1.54) is 0 Å². The summed E-state index contributed by atoms with van der Waals surface area (Å²) in [7, 11) is 1.85. The van der Waals surface area contributed by atoms with E-state index in [-0.39, 0.29) is 5.54 Å². The highest BCUT2D eigenvalue weighted by molar-refractivity contribution is 5.79. The molecule has 0 atom stereocenters. The minimum absolute atomic E-state index is 0.153. The lowest BCUT2D eigenvalue weighted by atomic mass is 9.96. The lowest BCUT2D eigenvalue weighted by Crippen LogP contribution is -2.48. The molecule has 22 heavy (non-hydrogen) atoms. The van der Waals surface area contributed by atoms with Gasteiger partial charge in [-0.3, -0.25) is 10.1 Å². The largest absolute Gasteiger partial charge is 0.355 e. The predicted octanol–water partition coefficient (Wildman–Crippen LogP) is 0.948. The number of likely N-dealkylation sites (tertiary alicyclic amines) is 1. The maximum absolute atomic E-state index is 4.40. The molecule has 0 bridgehead atoms. The molecule has 0 radical (unpaired) electrons. The molecule has 2 rings (SSSR count). The molecule has 7 nitrogen and oxygen atoms in total. The van der Waals surface area contributed by atoms with Crippen LogP contribution in [0.2, 0.25) is 0 Å². The van der Waals surface area contributed by atoms with Crippen molar-refractivity contribution >= 4 is 5.96 Å². The number of nitrogens with one attached hydrogen (secondary N) is 3. The van der Waals surface area contributed by atoms with E-state index < -0.39 is 0 Å². The highest BCUT2D eigenvalue weighted by Gasteiger charge is 2.24. The van der Waals surface area contributed by atoms with Gasteiger partial charge in [-0.15, -0.1) is 0 Å². The van der Waals surface area contributed by atoms with Gasteiger partial charge in [-0.1, -0.05) is 0 Å². The molecule has 3 N–H and O–H groups in total. The maximum atomic E-state index is 4.40. The molecule has 1 fully saturated rings. The number of hydrogen-bond donors (Lipinski definition) is 3. The summed E-state index contributed by atoms with van der Waals surface area (Å²) in [5.74, 6) is 2.49. The van der Waals surface area contributed by atoms with E-state index in [9.17, 15) is 0 Å². The van der Waals surface area contributed by atoms with Crippen molar-refractivity contribution in [1.82, 2.24) is 30.7 Å². The second-order valence-electron chi connectivity index (χ2n) is 6.78. The molecule has 0 unspecified atom stereocenters. The Balaban J connectivity index is 1.74. The third kappa shape index (κ3) is 4.98. The van der Waals surface area contributed by atoms with Crippen molar-refractivity contribution in [2.45, 2.75) is 45.1 Å². The number of aromatic nitrogens is 3. The van der Waals surface area contributed by atoms with Crippen molar-refractivity contribution < 1.29 is 0 Å². The molecule has 1 aliphatic heterocycles. The Labute approximate surface area is 133 Å². The Morgan fingerprint density at radius 1 is 1.36 bits per heavy atom. The Morgan fingerprint density at radius 2 is 2.09 bits per heavy atom. The third-order valence-corrected chi connectivity index (χ3v) is 3.89. The van der Waals surface area contributed by atoms with Gasteiger partial charge >= 0.3 is 0 Å². The normalized spacial score (nSPS) is 17.8. The number of H-pyrrole nitrogens is 1. The smallest absolute Gasteiger partial charge is 0.193 e. The SMILES string of the molecule is CN=C(NCCNC(C)(C)C)N1CCC(c2ncn[nH]2)CC1. The molecule has 124 valence electrons. The number of aromatic amines is 1. The monoisotopic (exact) mass is 307 g/mol. The van der Waals surface area contributed by atoms with E-state index in [0.717, 1.165) is 50.8 Å². The van der Waals surface area contributed by atoms with Gasteiger partial charge in [0.15, 0.2) is 5.96 Å². The van der Waals surface area contributed by atoms with Gasteiger partial charge in [0.2, 0.25) is 0 Å². The van der Waals surface area contributed by atoms with Crippen LogP contribution in [0.25, 0.3) is 0 Å². The van der Waals surface area contributed by atoms with E-state index in [1.54, 1.807) is 6.33 Å². The molecule has 1 aliphatic rings. The van der Waals surface area contributed by atoms with Crippen LogP contribution in [0, 0.1) is 0 Å². The fourth-order valence-electron chi connectivity index (χ4n) is 2.72. The first kappa shape index (κ1) is 16.7. The maximum Gasteiger partial charge on any atom is 0.193 e. The Kier molecular flexibility index (Phi) is 5.76. The van der Waals surface area contributed by atoms with Gasteiger partial charge in [-0.2, -0.15) is 5.10 Å². The standard InChI is InChI=1S/C15H29N7/c1-15(2,3)19-8-7-17-14(16-4)22-9-5-12(6-10-22)13-18-11-20-21-13/h11-12,19H,5-10H2,1-4H3,(H,16,17)(H,18,20,21). The van der Waals surface area contributed by atoms with Gasteiger partial charge in [-0.25, -0.2) is 4.98 Å². The molecule has 7 heteroatoms. The van der Waals surface area contributed by atoms with Gasteiger partial charge < -0.3 is 15.5 Å². The number of nitrogens with zero attached hydrogens (tertiary/aromatic N) is 4. The van der Waals surface area contributed by atoms with Crippen LogP contribution in [0.1, 0.15) is 45.4 Å². The van der Waals surface area contributed by atoms with Crippen LogP contribution in [0.4, 0.5) is 0 Å². The highest BCUT2D eigenvalue weighted by atomic mass is 15.3. The van der Waals surface area contributed by atoms with Gasteiger partial charge in [0.25, 0.3) is 0 Å². The molecule has 0 spiro atoms. The molecule has 0 saturated carbocycles. The van der Waals surface area contributed by atoms with Crippen LogP contribution < -0.4 is 10.6 Å². The minimum Gasteiger partial charge on any atom is -0.355 e. The van der Waals surface area contributed by atoms with E-state index in [1.807, 2.05) is 7.05 Å². The summed E-state index contributed by atoms with van der Waals surface area (Å²) in [5, 5.41) is 13.8. The van der Waals surface area contributed by atoms with Crippen molar-refractivity contribution in [1.29, 1.82) is 0 Å². The molecule has 1 saturated heterocycles. The first-order valence-electron chi connectivity index (χ1n) is 8.05. The molecule has 0 aromatic carbocycles. The molecular weight excluding hydrogens is 278 g/mol. The fourth-order valence-corrected chi connectivity index (χ4v) is 2.72. The zero-order valence-corrected chi connectivity index (χ0v) is 14.2. The zero-order chi connectivity index (χ0) is 16.0. The quantitative estimate of drug-likeness (QED) is 0.438. The highest BCUT2D eigenvalue weighted by Crippen LogP contribution is 2.24. The van der Waals surface area contributed by atoms with Crippen LogP contribution in [0.15, 0.2) is 11.3 Å². The number of rotatable bonds is 4. The van der Waals surface area contributed by atoms with Crippen LogP contribution in [-0.4, -0.2) is 64.8 Å². The van der Waals surface area contributed by atoms with E-state index >= 15 is 0 Å². The van der Waals surface area contributed by atoms with Crippen molar-refractivity contribution in [2.24, 2.45) is 4.99 Å². The lowest BCUT2D eigenvalue weighted by molar-refractivity contribution is 0.298. The Hall–Kier alpha value is -1.63. The fraction of sp³-hybridized carbons (Fsp3) is 0.800. The number of aliphatic imine (C=N–C) groups is 1.